The molecule has 0 aliphatic carbocycles. The number of rotatable bonds is 3. The van der Waals surface area contributed by atoms with Crippen molar-refractivity contribution in [3.8, 4) is 0 Å². The van der Waals surface area contributed by atoms with E-state index in [1.54, 1.807) is 6.07 Å². The Kier molecular flexibility index (Phi) is 2.44. The predicted octanol–water partition coefficient (Wildman–Crippen LogP) is 2.07. The molecule has 1 aromatic carbocycles. The van der Waals surface area contributed by atoms with Gasteiger partial charge in [0, 0.05) is 20.1 Å². The molecule has 0 spiro atoms. The van der Waals surface area contributed by atoms with Crippen molar-refractivity contribution in [2.75, 3.05) is 13.1 Å². The van der Waals surface area contributed by atoms with Crippen molar-refractivity contribution in [3.05, 3.63) is 29.6 Å². The maximum Gasteiger partial charge on any atom is 0.150 e. The van der Waals surface area contributed by atoms with Gasteiger partial charge >= 0.3 is 0 Å². The third kappa shape index (κ3) is 1.96. The van der Waals surface area contributed by atoms with E-state index >= 15 is 0 Å². The number of benzene rings is 1. The van der Waals surface area contributed by atoms with Crippen molar-refractivity contribution in [1.82, 2.24) is 14.9 Å². The summed E-state index contributed by atoms with van der Waals surface area (Å²) in [5.74, 6) is 1.79. The molecule has 90 valence electrons. The van der Waals surface area contributed by atoms with Gasteiger partial charge in [0.1, 0.15) is 12.1 Å². The van der Waals surface area contributed by atoms with Crippen molar-refractivity contribution >= 4 is 17.3 Å². The number of aromatic nitrogens is 2. The van der Waals surface area contributed by atoms with Crippen LogP contribution in [0.1, 0.15) is 24.5 Å². The molecule has 1 aliphatic rings. The summed E-state index contributed by atoms with van der Waals surface area (Å²) in [6, 6.07) is 5.53. The molecular formula is C13H17N3O. The lowest BCUT2D eigenvalue weighted by Crippen LogP contribution is -2.44. The molecule has 3 rings (SSSR count). The molecule has 1 N–H and O–H groups in total. The smallest absolute Gasteiger partial charge is 0.150 e. The summed E-state index contributed by atoms with van der Waals surface area (Å²) in [6.45, 7) is 5.42. The Morgan fingerprint density at radius 2 is 2.41 bits per heavy atom. The standard InChI is InChI=1S/C13H15N3O.H2/c1-9-5-16(6-9)7-13-14-11-3-2-10(8-17)4-12(11)15-13;/h2-4,8-9H,5-7H2,1H3,(H,14,15);1H. The number of hydrogen-bond donors (Lipinski definition) is 1. The van der Waals surface area contributed by atoms with Crippen LogP contribution in [0.15, 0.2) is 18.2 Å². The van der Waals surface area contributed by atoms with Crippen LogP contribution >= 0.6 is 0 Å². The highest BCUT2D eigenvalue weighted by atomic mass is 16.1. The van der Waals surface area contributed by atoms with Crippen LogP contribution in [0.4, 0.5) is 0 Å². The number of hydrogen-bond acceptors (Lipinski definition) is 3. The number of imidazole rings is 1. The van der Waals surface area contributed by atoms with Crippen LogP contribution in [0.25, 0.3) is 11.0 Å². The van der Waals surface area contributed by atoms with Gasteiger partial charge in [0.15, 0.2) is 0 Å². The molecule has 2 aromatic rings. The van der Waals surface area contributed by atoms with Crippen LogP contribution in [-0.4, -0.2) is 34.2 Å². The number of nitrogens with one attached hydrogen (secondary N) is 1. The summed E-state index contributed by atoms with van der Waals surface area (Å²) >= 11 is 0. The van der Waals surface area contributed by atoms with Crippen LogP contribution in [0.5, 0.6) is 0 Å². The third-order valence-electron chi connectivity index (χ3n) is 3.20. The second-order valence-corrected chi connectivity index (χ2v) is 4.88. The minimum Gasteiger partial charge on any atom is -0.341 e. The zero-order valence-electron chi connectivity index (χ0n) is 9.81. The molecular weight excluding hydrogens is 214 g/mol. The predicted molar refractivity (Wildman–Crippen MR) is 68.0 cm³/mol. The van der Waals surface area contributed by atoms with Crippen LogP contribution in [0.2, 0.25) is 0 Å². The summed E-state index contributed by atoms with van der Waals surface area (Å²) in [5.41, 5.74) is 2.56. The second kappa shape index (κ2) is 3.96. The van der Waals surface area contributed by atoms with E-state index in [0.717, 1.165) is 48.7 Å². The normalized spacial score (nSPS) is 17.2. The Morgan fingerprint density at radius 1 is 1.59 bits per heavy atom. The van der Waals surface area contributed by atoms with Crippen molar-refractivity contribution in [2.24, 2.45) is 5.92 Å². The Labute approximate surface area is 101 Å². The summed E-state index contributed by atoms with van der Waals surface area (Å²) in [7, 11) is 0. The molecule has 2 heterocycles. The molecule has 0 saturated carbocycles. The lowest BCUT2D eigenvalue weighted by molar-refractivity contribution is 0.102. The van der Waals surface area contributed by atoms with Gasteiger partial charge in [-0.1, -0.05) is 6.92 Å². The molecule has 17 heavy (non-hydrogen) atoms. The van der Waals surface area contributed by atoms with E-state index in [2.05, 4.69) is 21.8 Å². The first-order chi connectivity index (χ1) is 8.24. The average Bonchev–Trinajstić information content (AvgIpc) is 2.68. The fourth-order valence-corrected chi connectivity index (χ4v) is 2.40. The fourth-order valence-electron chi connectivity index (χ4n) is 2.40. The van der Waals surface area contributed by atoms with Crippen molar-refractivity contribution in [2.45, 2.75) is 13.5 Å². The van der Waals surface area contributed by atoms with Gasteiger partial charge in [-0.2, -0.15) is 0 Å². The minimum absolute atomic E-state index is 0. The summed E-state index contributed by atoms with van der Waals surface area (Å²) in [5, 5.41) is 0. The number of aromatic amines is 1. The fraction of sp³-hybridized carbons (Fsp3) is 0.385. The number of nitrogens with zero attached hydrogens (tertiary/aromatic N) is 2. The number of likely N-dealkylation sites (tertiary alicyclic amines) is 1. The molecule has 0 bridgehead atoms. The molecule has 4 heteroatoms. The monoisotopic (exact) mass is 231 g/mol. The Balaban J connectivity index is 0.00000120. The molecule has 1 aliphatic heterocycles. The average molecular weight is 231 g/mol. The second-order valence-electron chi connectivity index (χ2n) is 4.88. The number of aldehydes is 1. The number of fused-ring (bicyclic) bond motifs is 1. The van der Waals surface area contributed by atoms with Gasteiger partial charge in [-0.05, 0) is 24.1 Å². The van der Waals surface area contributed by atoms with Crippen LogP contribution < -0.4 is 0 Å². The first-order valence-electron chi connectivity index (χ1n) is 5.91. The van der Waals surface area contributed by atoms with E-state index in [1.165, 1.54) is 0 Å². The largest absolute Gasteiger partial charge is 0.341 e. The van der Waals surface area contributed by atoms with Crippen LogP contribution in [-0.2, 0) is 6.54 Å². The van der Waals surface area contributed by atoms with E-state index in [0.29, 0.717) is 5.56 Å². The van der Waals surface area contributed by atoms with Gasteiger partial charge in [0.05, 0.1) is 17.6 Å². The molecule has 0 amide bonds. The first-order valence-corrected chi connectivity index (χ1v) is 5.91. The Hall–Kier alpha value is -1.68. The maximum absolute atomic E-state index is 10.7. The number of H-pyrrole nitrogens is 1. The minimum atomic E-state index is 0. The van der Waals surface area contributed by atoms with Gasteiger partial charge in [0.25, 0.3) is 0 Å². The molecule has 4 nitrogen and oxygen atoms in total. The highest BCUT2D eigenvalue weighted by Gasteiger charge is 2.23. The summed E-state index contributed by atoms with van der Waals surface area (Å²) < 4.78 is 0. The Morgan fingerprint density at radius 3 is 3.12 bits per heavy atom. The van der Waals surface area contributed by atoms with E-state index in [1.807, 2.05) is 12.1 Å². The van der Waals surface area contributed by atoms with Crippen LogP contribution in [0.3, 0.4) is 0 Å². The van der Waals surface area contributed by atoms with Gasteiger partial charge in [-0.3, -0.25) is 9.69 Å². The maximum atomic E-state index is 10.7. The SMILES string of the molecule is CC1CN(Cc2nc3ccc(C=O)cc3[nH]2)C1.[HH]. The summed E-state index contributed by atoms with van der Waals surface area (Å²) in [4.78, 5) is 20.8. The van der Waals surface area contributed by atoms with E-state index in [9.17, 15) is 4.79 Å². The molecule has 0 unspecified atom stereocenters. The van der Waals surface area contributed by atoms with E-state index in [-0.39, 0.29) is 1.43 Å². The molecule has 1 aromatic heterocycles. The Bertz CT molecular complexity index is 560. The van der Waals surface area contributed by atoms with Crippen molar-refractivity contribution in [3.63, 3.8) is 0 Å². The highest BCUT2D eigenvalue weighted by Crippen LogP contribution is 2.18. The first kappa shape index (κ1) is 10.5. The molecule has 1 saturated heterocycles. The lowest BCUT2D eigenvalue weighted by Gasteiger charge is -2.36. The number of carbonyl (C=O) groups excluding carboxylic acids is 1. The zero-order valence-corrected chi connectivity index (χ0v) is 9.81. The zero-order chi connectivity index (χ0) is 11.8. The molecule has 1 fully saturated rings. The van der Waals surface area contributed by atoms with E-state index < -0.39 is 0 Å². The molecule has 0 atom stereocenters. The summed E-state index contributed by atoms with van der Waals surface area (Å²) in [6.07, 6.45) is 0.858. The highest BCUT2D eigenvalue weighted by molar-refractivity contribution is 5.84. The molecule has 0 radical (unpaired) electrons. The van der Waals surface area contributed by atoms with Gasteiger partial charge in [0.2, 0.25) is 0 Å². The number of carbonyl (C=O) groups is 1. The van der Waals surface area contributed by atoms with Gasteiger partial charge < -0.3 is 4.98 Å². The van der Waals surface area contributed by atoms with Crippen molar-refractivity contribution < 1.29 is 6.22 Å². The van der Waals surface area contributed by atoms with Crippen molar-refractivity contribution in [1.29, 1.82) is 0 Å². The van der Waals surface area contributed by atoms with Gasteiger partial charge in [-0.25, -0.2) is 4.98 Å². The van der Waals surface area contributed by atoms with Gasteiger partial charge in [-0.15, -0.1) is 0 Å². The van der Waals surface area contributed by atoms with E-state index in [4.69, 9.17) is 0 Å². The quantitative estimate of drug-likeness (QED) is 0.823. The third-order valence-corrected chi connectivity index (χ3v) is 3.20. The topological polar surface area (TPSA) is 49.0 Å². The van der Waals surface area contributed by atoms with Crippen LogP contribution in [0, 0.1) is 5.92 Å². The lowest BCUT2D eigenvalue weighted by atomic mass is 10.0.